The smallest absolute Gasteiger partial charge is 0.239 e. The van der Waals surface area contributed by atoms with E-state index in [-0.39, 0.29) is 11.9 Å². The van der Waals surface area contributed by atoms with E-state index in [1.54, 1.807) is 0 Å². The molecule has 1 heterocycles. The van der Waals surface area contributed by atoms with Gasteiger partial charge in [0.1, 0.15) is 0 Å². The molecule has 0 saturated carbocycles. The summed E-state index contributed by atoms with van der Waals surface area (Å²) < 4.78 is 0. The van der Waals surface area contributed by atoms with Crippen LogP contribution in [0, 0.1) is 0 Å². The Morgan fingerprint density at radius 1 is 1.33 bits per heavy atom. The van der Waals surface area contributed by atoms with Crippen molar-refractivity contribution in [2.24, 2.45) is 0 Å². The van der Waals surface area contributed by atoms with Gasteiger partial charge < -0.3 is 10.2 Å². The summed E-state index contributed by atoms with van der Waals surface area (Å²) in [5.74, 6) is 0.265. The highest BCUT2D eigenvalue weighted by molar-refractivity contribution is 5.81. The summed E-state index contributed by atoms with van der Waals surface area (Å²) in [7, 11) is 3.83. The number of nitrogens with one attached hydrogen (secondary N) is 1. The van der Waals surface area contributed by atoms with E-state index in [2.05, 4.69) is 34.5 Å². The van der Waals surface area contributed by atoms with Crippen molar-refractivity contribution in [2.75, 3.05) is 33.7 Å². The molecule has 0 radical (unpaired) electrons. The minimum absolute atomic E-state index is 0.0424. The van der Waals surface area contributed by atoms with E-state index < -0.39 is 0 Å². The van der Waals surface area contributed by atoms with Gasteiger partial charge >= 0.3 is 0 Å². The van der Waals surface area contributed by atoms with Crippen molar-refractivity contribution < 1.29 is 4.79 Å². The summed E-state index contributed by atoms with van der Waals surface area (Å²) in [5.41, 5.74) is 1.29. The fourth-order valence-electron chi connectivity index (χ4n) is 2.92. The van der Waals surface area contributed by atoms with Crippen LogP contribution in [0.15, 0.2) is 30.3 Å². The van der Waals surface area contributed by atoms with Crippen LogP contribution in [0.4, 0.5) is 0 Å². The normalized spacial score (nSPS) is 19.4. The van der Waals surface area contributed by atoms with Gasteiger partial charge in [-0.25, -0.2) is 0 Å². The molecule has 116 valence electrons. The van der Waals surface area contributed by atoms with E-state index in [1.165, 1.54) is 12.0 Å². The monoisotopic (exact) mass is 289 g/mol. The number of hydrogen-bond donors (Lipinski definition) is 1. The summed E-state index contributed by atoms with van der Waals surface area (Å²) in [5, 5.41) is 3.10. The van der Waals surface area contributed by atoms with Crippen LogP contribution in [0.3, 0.4) is 0 Å². The van der Waals surface area contributed by atoms with Crippen molar-refractivity contribution >= 4 is 5.91 Å². The SMILES string of the molecule is CNCCN(C)C(=O)C1CCCCN1Cc1ccccc1. The average Bonchev–Trinajstić information content (AvgIpc) is 2.53. The van der Waals surface area contributed by atoms with E-state index in [4.69, 9.17) is 0 Å². The first-order valence-electron chi connectivity index (χ1n) is 7.90. The second-order valence-electron chi connectivity index (χ2n) is 5.83. The fraction of sp³-hybridized carbons (Fsp3) is 0.588. The molecule has 1 saturated heterocycles. The van der Waals surface area contributed by atoms with Gasteiger partial charge in [-0.1, -0.05) is 36.8 Å². The molecule has 4 nitrogen and oxygen atoms in total. The number of amides is 1. The Balaban J connectivity index is 1.99. The van der Waals surface area contributed by atoms with Gasteiger partial charge in [0.25, 0.3) is 0 Å². The molecule has 1 aromatic carbocycles. The minimum Gasteiger partial charge on any atom is -0.343 e. The molecular formula is C17H27N3O. The number of rotatable bonds is 6. The second kappa shape index (κ2) is 8.15. The van der Waals surface area contributed by atoms with Crippen LogP contribution in [0.1, 0.15) is 24.8 Å². The van der Waals surface area contributed by atoms with Crippen LogP contribution in [-0.2, 0) is 11.3 Å². The summed E-state index contributed by atoms with van der Waals surface area (Å²) in [4.78, 5) is 16.9. The summed E-state index contributed by atoms with van der Waals surface area (Å²) >= 11 is 0. The van der Waals surface area contributed by atoms with Crippen molar-refractivity contribution in [1.82, 2.24) is 15.1 Å². The van der Waals surface area contributed by atoms with Crippen LogP contribution < -0.4 is 5.32 Å². The first-order chi connectivity index (χ1) is 10.2. The maximum absolute atomic E-state index is 12.7. The maximum Gasteiger partial charge on any atom is 0.239 e. The van der Waals surface area contributed by atoms with E-state index in [0.717, 1.165) is 39.0 Å². The molecule has 0 spiro atoms. The van der Waals surface area contributed by atoms with E-state index in [0.29, 0.717) is 0 Å². The maximum atomic E-state index is 12.7. The first-order valence-corrected chi connectivity index (χ1v) is 7.90. The van der Waals surface area contributed by atoms with Gasteiger partial charge in [0.05, 0.1) is 6.04 Å². The molecule has 0 aromatic heterocycles. The molecule has 0 aliphatic carbocycles. The zero-order valence-corrected chi connectivity index (χ0v) is 13.2. The van der Waals surface area contributed by atoms with E-state index >= 15 is 0 Å². The highest BCUT2D eigenvalue weighted by Crippen LogP contribution is 2.21. The molecule has 21 heavy (non-hydrogen) atoms. The number of benzene rings is 1. The number of hydrogen-bond acceptors (Lipinski definition) is 3. The third kappa shape index (κ3) is 4.55. The lowest BCUT2D eigenvalue weighted by atomic mass is 10.00. The van der Waals surface area contributed by atoms with Gasteiger partial charge in [-0.05, 0) is 32.0 Å². The predicted octanol–water partition coefficient (Wildman–Crippen LogP) is 1.72. The molecule has 0 bridgehead atoms. The zero-order valence-electron chi connectivity index (χ0n) is 13.2. The standard InChI is InChI=1S/C17H27N3O/c1-18-11-13-19(2)17(21)16-10-6-7-12-20(16)14-15-8-4-3-5-9-15/h3-5,8-9,16,18H,6-7,10-14H2,1-2H3. The Morgan fingerprint density at radius 2 is 2.10 bits per heavy atom. The predicted molar refractivity (Wildman–Crippen MR) is 86.1 cm³/mol. The average molecular weight is 289 g/mol. The van der Waals surface area contributed by atoms with Crippen LogP contribution in [-0.4, -0.2) is 55.5 Å². The molecule has 1 aliphatic heterocycles. The van der Waals surface area contributed by atoms with Crippen molar-refractivity contribution in [3.05, 3.63) is 35.9 Å². The Labute approximate surface area is 128 Å². The lowest BCUT2D eigenvalue weighted by Gasteiger charge is -2.36. The molecule has 1 atom stereocenters. The molecule has 1 amide bonds. The van der Waals surface area contributed by atoms with Crippen molar-refractivity contribution in [2.45, 2.75) is 31.8 Å². The second-order valence-corrected chi connectivity index (χ2v) is 5.83. The van der Waals surface area contributed by atoms with Crippen molar-refractivity contribution in [1.29, 1.82) is 0 Å². The van der Waals surface area contributed by atoms with Gasteiger partial charge in [-0.15, -0.1) is 0 Å². The van der Waals surface area contributed by atoms with Crippen LogP contribution >= 0.6 is 0 Å². The highest BCUT2D eigenvalue weighted by Gasteiger charge is 2.30. The quantitative estimate of drug-likeness (QED) is 0.866. The number of likely N-dealkylation sites (N-methyl/N-ethyl adjacent to an activating group) is 2. The van der Waals surface area contributed by atoms with E-state index in [9.17, 15) is 4.79 Å². The van der Waals surface area contributed by atoms with Gasteiger partial charge in [0.15, 0.2) is 0 Å². The van der Waals surface area contributed by atoms with Gasteiger partial charge in [0, 0.05) is 26.7 Å². The van der Waals surface area contributed by atoms with Crippen LogP contribution in [0.5, 0.6) is 0 Å². The lowest BCUT2D eigenvalue weighted by molar-refractivity contribution is -0.137. The number of carbonyl (C=O) groups excluding carboxylic acids is 1. The number of nitrogens with zero attached hydrogens (tertiary/aromatic N) is 2. The first kappa shape index (κ1) is 16.0. The molecule has 1 aromatic rings. The minimum atomic E-state index is 0.0424. The third-order valence-corrected chi connectivity index (χ3v) is 4.20. The van der Waals surface area contributed by atoms with Crippen molar-refractivity contribution in [3.8, 4) is 0 Å². The summed E-state index contributed by atoms with van der Waals surface area (Å²) in [6, 6.07) is 10.5. The Bertz CT molecular complexity index is 435. The molecule has 4 heteroatoms. The van der Waals surface area contributed by atoms with Crippen molar-refractivity contribution in [3.63, 3.8) is 0 Å². The summed E-state index contributed by atoms with van der Waals surface area (Å²) in [6.45, 7) is 3.50. The Kier molecular flexibility index (Phi) is 6.21. The van der Waals surface area contributed by atoms with Crippen LogP contribution in [0.2, 0.25) is 0 Å². The van der Waals surface area contributed by atoms with Gasteiger partial charge in [0.2, 0.25) is 5.91 Å². The Morgan fingerprint density at radius 3 is 2.81 bits per heavy atom. The number of carbonyl (C=O) groups is 1. The van der Waals surface area contributed by atoms with Crippen LogP contribution in [0.25, 0.3) is 0 Å². The lowest BCUT2D eigenvalue weighted by Crippen LogP contribution is -2.50. The molecule has 1 fully saturated rings. The van der Waals surface area contributed by atoms with Gasteiger partial charge in [-0.2, -0.15) is 0 Å². The summed E-state index contributed by atoms with van der Waals surface area (Å²) in [6.07, 6.45) is 3.33. The zero-order chi connectivity index (χ0) is 15.1. The molecule has 2 rings (SSSR count). The topological polar surface area (TPSA) is 35.6 Å². The highest BCUT2D eigenvalue weighted by atomic mass is 16.2. The van der Waals surface area contributed by atoms with E-state index in [1.807, 2.05) is 25.1 Å². The largest absolute Gasteiger partial charge is 0.343 e. The molecule has 1 unspecified atom stereocenters. The molecular weight excluding hydrogens is 262 g/mol. The Hall–Kier alpha value is -1.39. The molecule has 1 N–H and O–H groups in total. The third-order valence-electron chi connectivity index (χ3n) is 4.20. The molecule has 1 aliphatic rings. The number of piperidine rings is 1. The number of likely N-dealkylation sites (tertiary alicyclic amines) is 1. The fourth-order valence-corrected chi connectivity index (χ4v) is 2.92. The van der Waals surface area contributed by atoms with Gasteiger partial charge in [-0.3, -0.25) is 9.69 Å².